The summed E-state index contributed by atoms with van der Waals surface area (Å²) < 4.78 is 35.6. The average Bonchev–Trinajstić information content (AvgIpc) is 3.57. The van der Waals surface area contributed by atoms with Crippen molar-refractivity contribution in [2.75, 3.05) is 0 Å². The summed E-state index contributed by atoms with van der Waals surface area (Å²) in [5.41, 5.74) is 2.31. The van der Waals surface area contributed by atoms with Crippen molar-refractivity contribution in [3.8, 4) is 22.9 Å². The van der Waals surface area contributed by atoms with Crippen LogP contribution in [0, 0.1) is 18.6 Å². The SMILES string of the molecule is Cc1c(Oc2ccc(F)c(-c3ncc(C(C)(CCC(=O)O)c4ccccc4)[nH]3)c2)c(F)cc2[nH]ccc12. The number of benzene rings is 3. The lowest BCUT2D eigenvalue weighted by Crippen LogP contribution is -2.25. The van der Waals surface area contributed by atoms with Gasteiger partial charge in [-0.1, -0.05) is 30.3 Å². The minimum atomic E-state index is -0.904. The molecule has 0 fully saturated rings. The van der Waals surface area contributed by atoms with Gasteiger partial charge < -0.3 is 19.8 Å². The van der Waals surface area contributed by atoms with E-state index in [9.17, 15) is 18.7 Å². The van der Waals surface area contributed by atoms with Crippen LogP contribution in [0.4, 0.5) is 8.78 Å². The molecule has 3 N–H and O–H groups in total. The summed E-state index contributed by atoms with van der Waals surface area (Å²) in [6, 6.07) is 16.9. The highest BCUT2D eigenvalue weighted by Gasteiger charge is 2.32. The van der Waals surface area contributed by atoms with Gasteiger partial charge in [0.15, 0.2) is 11.6 Å². The Labute approximate surface area is 212 Å². The molecule has 188 valence electrons. The molecule has 8 heteroatoms. The first-order valence-corrected chi connectivity index (χ1v) is 11.8. The lowest BCUT2D eigenvalue weighted by Gasteiger charge is -2.28. The second-order valence-electron chi connectivity index (χ2n) is 9.23. The maximum Gasteiger partial charge on any atom is 0.303 e. The van der Waals surface area contributed by atoms with Crippen molar-refractivity contribution in [2.45, 2.75) is 32.1 Å². The number of aryl methyl sites for hydroxylation is 1. The van der Waals surface area contributed by atoms with E-state index < -0.39 is 23.0 Å². The zero-order chi connectivity index (χ0) is 26.2. The van der Waals surface area contributed by atoms with E-state index in [2.05, 4.69) is 15.0 Å². The number of ether oxygens (including phenoxy) is 1. The monoisotopic (exact) mass is 501 g/mol. The highest BCUT2D eigenvalue weighted by atomic mass is 19.1. The molecule has 3 aromatic carbocycles. The number of hydrogen-bond acceptors (Lipinski definition) is 3. The minimum absolute atomic E-state index is 0.0478. The van der Waals surface area contributed by atoms with Gasteiger partial charge in [-0.15, -0.1) is 0 Å². The third kappa shape index (κ3) is 4.58. The number of carbonyl (C=O) groups is 1. The molecule has 1 unspecified atom stereocenters. The molecule has 2 heterocycles. The second kappa shape index (κ2) is 9.54. The summed E-state index contributed by atoms with van der Waals surface area (Å²) in [5, 5.41) is 10.1. The fourth-order valence-electron chi connectivity index (χ4n) is 4.65. The zero-order valence-electron chi connectivity index (χ0n) is 20.3. The summed E-state index contributed by atoms with van der Waals surface area (Å²) >= 11 is 0. The number of fused-ring (bicyclic) bond motifs is 1. The molecule has 6 nitrogen and oxygen atoms in total. The van der Waals surface area contributed by atoms with Gasteiger partial charge in [0.25, 0.3) is 0 Å². The summed E-state index contributed by atoms with van der Waals surface area (Å²) in [4.78, 5) is 21.9. The van der Waals surface area contributed by atoms with Crippen LogP contribution in [0.15, 0.2) is 73.1 Å². The van der Waals surface area contributed by atoms with E-state index in [0.717, 1.165) is 10.9 Å². The van der Waals surface area contributed by atoms with E-state index in [4.69, 9.17) is 4.74 Å². The Bertz CT molecular complexity index is 1590. The van der Waals surface area contributed by atoms with Gasteiger partial charge in [0, 0.05) is 52.5 Å². The highest BCUT2D eigenvalue weighted by Crippen LogP contribution is 2.38. The van der Waals surface area contributed by atoms with Crippen molar-refractivity contribution in [2.24, 2.45) is 0 Å². The summed E-state index contributed by atoms with van der Waals surface area (Å²) in [5.74, 6) is -1.39. The molecule has 0 saturated carbocycles. The summed E-state index contributed by atoms with van der Waals surface area (Å²) in [6.45, 7) is 3.69. The topological polar surface area (TPSA) is 91.0 Å². The van der Waals surface area contributed by atoms with Crippen LogP contribution in [0.25, 0.3) is 22.3 Å². The number of nitrogens with zero attached hydrogens (tertiary/aromatic N) is 1. The lowest BCUT2D eigenvalue weighted by atomic mass is 9.76. The quantitative estimate of drug-likeness (QED) is 0.211. The molecule has 0 amide bonds. The molecule has 2 aromatic heterocycles. The maximum atomic E-state index is 14.9. The maximum absolute atomic E-state index is 14.9. The number of hydrogen-bond donors (Lipinski definition) is 3. The first-order valence-electron chi connectivity index (χ1n) is 11.8. The molecule has 0 spiro atoms. The number of aromatic amines is 2. The van der Waals surface area contributed by atoms with E-state index in [1.165, 1.54) is 24.3 Å². The Hall–Kier alpha value is -4.46. The van der Waals surface area contributed by atoms with E-state index in [1.807, 2.05) is 43.3 Å². The molecule has 37 heavy (non-hydrogen) atoms. The Morgan fingerprint density at radius 1 is 1.08 bits per heavy atom. The van der Waals surface area contributed by atoms with Crippen LogP contribution in [0.2, 0.25) is 0 Å². The van der Waals surface area contributed by atoms with Crippen molar-refractivity contribution in [3.05, 3.63) is 102 Å². The van der Waals surface area contributed by atoms with Gasteiger partial charge in [0.2, 0.25) is 0 Å². The number of aromatic nitrogens is 3. The molecule has 0 bridgehead atoms. The fourth-order valence-corrected chi connectivity index (χ4v) is 4.65. The Morgan fingerprint density at radius 2 is 1.86 bits per heavy atom. The number of imidazole rings is 1. The molecule has 0 radical (unpaired) electrons. The van der Waals surface area contributed by atoms with Crippen molar-refractivity contribution in [1.82, 2.24) is 15.0 Å². The molecule has 1 atom stereocenters. The number of H-pyrrole nitrogens is 2. The number of rotatable bonds is 8. The third-order valence-corrected chi connectivity index (χ3v) is 6.84. The van der Waals surface area contributed by atoms with Crippen molar-refractivity contribution in [1.29, 1.82) is 0 Å². The smallest absolute Gasteiger partial charge is 0.303 e. The van der Waals surface area contributed by atoms with E-state index >= 15 is 0 Å². The third-order valence-electron chi connectivity index (χ3n) is 6.84. The second-order valence-corrected chi connectivity index (χ2v) is 9.23. The zero-order valence-corrected chi connectivity index (χ0v) is 20.3. The molecule has 5 rings (SSSR count). The number of carboxylic acid groups (broad SMARTS) is 1. The predicted molar refractivity (Wildman–Crippen MR) is 137 cm³/mol. The predicted octanol–water partition coefficient (Wildman–Crippen LogP) is 7.11. The fraction of sp³-hybridized carbons (Fsp3) is 0.172. The average molecular weight is 502 g/mol. The van der Waals surface area contributed by atoms with E-state index in [1.54, 1.807) is 19.3 Å². The number of carboxylic acids is 1. The highest BCUT2D eigenvalue weighted by molar-refractivity contribution is 5.85. The van der Waals surface area contributed by atoms with Crippen LogP contribution in [-0.4, -0.2) is 26.0 Å². The van der Waals surface area contributed by atoms with Crippen LogP contribution < -0.4 is 4.74 Å². The standard InChI is InChI=1S/C29H25F2N3O3/c1-17-20-11-13-32-24(20)15-23(31)27(17)37-19-8-9-22(30)21(14-19)28-33-16-25(34-28)29(2,12-10-26(35)36)18-6-4-3-5-7-18/h3-9,11,13-16,32H,10,12H2,1-2H3,(H,33,34)(H,35,36). The van der Waals surface area contributed by atoms with Gasteiger partial charge in [-0.25, -0.2) is 13.8 Å². The van der Waals surface area contributed by atoms with Crippen molar-refractivity contribution in [3.63, 3.8) is 0 Å². The first kappa shape index (κ1) is 24.2. The Kier molecular flexibility index (Phi) is 6.25. The Balaban J connectivity index is 1.50. The van der Waals surface area contributed by atoms with Gasteiger partial charge >= 0.3 is 5.97 Å². The largest absolute Gasteiger partial charge is 0.481 e. The van der Waals surface area contributed by atoms with E-state index in [0.29, 0.717) is 23.2 Å². The van der Waals surface area contributed by atoms with Crippen molar-refractivity contribution < 1.29 is 23.4 Å². The van der Waals surface area contributed by atoms with Gasteiger partial charge in [0.05, 0.1) is 5.56 Å². The molecular weight excluding hydrogens is 476 g/mol. The first-order chi connectivity index (χ1) is 17.8. The summed E-state index contributed by atoms with van der Waals surface area (Å²) in [6.07, 6.45) is 3.60. The van der Waals surface area contributed by atoms with Crippen LogP contribution in [0.5, 0.6) is 11.5 Å². The van der Waals surface area contributed by atoms with Gasteiger partial charge in [-0.3, -0.25) is 4.79 Å². The minimum Gasteiger partial charge on any atom is -0.481 e. The number of aliphatic carboxylic acids is 1. The van der Waals surface area contributed by atoms with Gasteiger partial charge in [0.1, 0.15) is 17.4 Å². The summed E-state index contributed by atoms with van der Waals surface area (Å²) in [7, 11) is 0. The Morgan fingerprint density at radius 3 is 2.62 bits per heavy atom. The normalized spacial score (nSPS) is 13.0. The molecular formula is C29H25F2N3O3. The van der Waals surface area contributed by atoms with Crippen LogP contribution >= 0.6 is 0 Å². The number of nitrogens with one attached hydrogen (secondary N) is 2. The molecule has 5 aromatic rings. The molecule has 0 saturated heterocycles. The van der Waals surface area contributed by atoms with Crippen LogP contribution in [0.1, 0.15) is 36.6 Å². The van der Waals surface area contributed by atoms with Crippen LogP contribution in [0.3, 0.4) is 0 Å². The molecule has 0 aliphatic rings. The van der Waals surface area contributed by atoms with Gasteiger partial charge in [-0.2, -0.15) is 0 Å². The van der Waals surface area contributed by atoms with Crippen LogP contribution in [-0.2, 0) is 10.2 Å². The lowest BCUT2D eigenvalue weighted by molar-refractivity contribution is -0.137. The van der Waals surface area contributed by atoms with Crippen molar-refractivity contribution >= 4 is 16.9 Å². The number of halogens is 2. The molecule has 0 aliphatic carbocycles. The van der Waals surface area contributed by atoms with Gasteiger partial charge in [-0.05, 0) is 50.1 Å². The molecule has 0 aliphatic heterocycles. The van der Waals surface area contributed by atoms with E-state index in [-0.39, 0.29) is 29.3 Å².